The maximum absolute atomic E-state index is 13.2. The Morgan fingerprint density at radius 1 is 1.30 bits per heavy atom. The van der Waals surface area contributed by atoms with Crippen molar-refractivity contribution in [3.63, 3.8) is 0 Å². The number of aromatic amines is 1. The van der Waals surface area contributed by atoms with Crippen LogP contribution in [0.3, 0.4) is 0 Å². The first kappa shape index (κ1) is 16.7. The van der Waals surface area contributed by atoms with Gasteiger partial charge in [0.1, 0.15) is 11.5 Å². The second-order valence-electron chi connectivity index (χ2n) is 5.41. The topological polar surface area (TPSA) is 62.4 Å². The molecule has 0 unspecified atom stereocenters. The van der Waals surface area contributed by atoms with Gasteiger partial charge in [0.05, 0.1) is 12.7 Å². The SMILES string of the molecule is COC(=O)c1c(C)[nH]c(C(=O)N(C)Cc2cccc(F)c2)c1C. The Balaban J connectivity index is 2.25. The second-order valence-corrected chi connectivity index (χ2v) is 5.41. The van der Waals surface area contributed by atoms with E-state index in [0.29, 0.717) is 28.1 Å². The minimum absolute atomic E-state index is 0.266. The highest BCUT2D eigenvalue weighted by molar-refractivity contribution is 6.00. The molecule has 1 heterocycles. The number of aromatic nitrogens is 1. The number of halogens is 1. The molecule has 122 valence electrons. The Hall–Kier alpha value is -2.63. The van der Waals surface area contributed by atoms with Gasteiger partial charge in [0.2, 0.25) is 0 Å². The third-order valence-corrected chi connectivity index (χ3v) is 3.70. The van der Waals surface area contributed by atoms with Crippen LogP contribution in [0.25, 0.3) is 0 Å². The molecule has 0 spiro atoms. The first-order chi connectivity index (χ1) is 10.8. The summed E-state index contributed by atoms with van der Waals surface area (Å²) in [5, 5.41) is 0. The van der Waals surface area contributed by atoms with E-state index in [2.05, 4.69) is 4.98 Å². The number of carbonyl (C=O) groups excluding carboxylic acids is 2. The number of hydrogen-bond donors (Lipinski definition) is 1. The fourth-order valence-corrected chi connectivity index (χ4v) is 2.54. The number of ether oxygens (including phenoxy) is 1. The highest BCUT2D eigenvalue weighted by atomic mass is 19.1. The van der Waals surface area contributed by atoms with Gasteiger partial charge in [-0.2, -0.15) is 0 Å². The summed E-state index contributed by atoms with van der Waals surface area (Å²) in [6, 6.07) is 6.09. The van der Waals surface area contributed by atoms with E-state index in [-0.39, 0.29) is 18.3 Å². The third-order valence-electron chi connectivity index (χ3n) is 3.70. The van der Waals surface area contributed by atoms with Crippen LogP contribution in [0.15, 0.2) is 24.3 Å². The number of esters is 1. The molecule has 0 fully saturated rings. The molecule has 1 aromatic heterocycles. The molecule has 1 N–H and O–H groups in total. The van der Waals surface area contributed by atoms with E-state index in [1.54, 1.807) is 33.0 Å². The number of hydrogen-bond acceptors (Lipinski definition) is 3. The van der Waals surface area contributed by atoms with Crippen LogP contribution in [-0.4, -0.2) is 35.9 Å². The summed E-state index contributed by atoms with van der Waals surface area (Å²) >= 11 is 0. The van der Waals surface area contributed by atoms with Crippen molar-refractivity contribution in [2.24, 2.45) is 0 Å². The lowest BCUT2D eigenvalue weighted by Gasteiger charge is -2.17. The van der Waals surface area contributed by atoms with Gasteiger partial charge in [-0.1, -0.05) is 12.1 Å². The summed E-state index contributed by atoms with van der Waals surface area (Å²) in [6.45, 7) is 3.67. The second kappa shape index (κ2) is 6.64. The average Bonchev–Trinajstić information content (AvgIpc) is 2.80. The Morgan fingerprint density at radius 3 is 2.61 bits per heavy atom. The lowest BCUT2D eigenvalue weighted by Crippen LogP contribution is -2.27. The van der Waals surface area contributed by atoms with Crippen LogP contribution in [0.4, 0.5) is 4.39 Å². The summed E-state index contributed by atoms with van der Waals surface area (Å²) in [7, 11) is 2.92. The van der Waals surface area contributed by atoms with E-state index in [1.807, 2.05) is 0 Å². The highest BCUT2D eigenvalue weighted by Crippen LogP contribution is 2.20. The number of methoxy groups -OCH3 is 1. The van der Waals surface area contributed by atoms with Crippen molar-refractivity contribution in [2.45, 2.75) is 20.4 Å². The van der Waals surface area contributed by atoms with Crippen molar-refractivity contribution >= 4 is 11.9 Å². The van der Waals surface area contributed by atoms with E-state index in [4.69, 9.17) is 4.74 Å². The van der Waals surface area contributed by atoms with Crippen LogP contribution in [0, 0.1) is 19.7 Å². The maximum atomic E-state index is 13.2. The van der Waals surface area contributed by atoms with Crippen LogP contribution in [-0.2, 0) is 11.3 Å². The number of amides is 1. The first-order valence-electron chi connectivity index (χ1n) is 7.12. The van der Waals surface area contributed by atoms with E-state index in [9.17, 15) is 14.0 Å². The number of benzene rings is 1. The Bertz CT molecular complexity index is 752. The molecular formula is C17H19FN2O3. The van der Waals surface area contributed by atoms with E-state index < -0.39 is 5.97 Å². The Morgan fingerprint density at radius 2 is 2.00 bits per heavy atom. The maximum Gasteiger partial charge on any atom is 0.339 e. The monoisotopic (exact) mass is 318 g/mol. The van der Waals surface area contributed by atoms with Gasteiger partial charge in [0.15, 0.2) is 0 Å². The van der Waals surface area contributed by atoms with Crippen molar-refractivity contribution in [1.82, 2.24) is 9.88 Å². The Labute approximate surface area is 134 Å². The lowest BCUT2D eigenvalue weighted by atomic mass is 10.1. The first-order valence-corrected chi connectivity index (χ1v) is 7.12. The summed E-state index contributed by atoms with van der Waals surface area (Å²) in [5.41, 5.74) is 2.52. The fourth-order valence-electron chi connectivity index (χ4n) is 2.54. The number of rotatable bonds is 4. The lowest BCUT2D eigenvalue weighted by molar-refractivity contribution is 0.0599. The number of aryl methyl sites for hydroxylation is 1. The predicted octanol–water partition coefficient (Wildman–Crippen LogP) is 2.83. The molecular weight excluding hydrogens is 299 g/mol. The van der Waals surface area contributed by atoms with Gasteiger partial charge in [0, 0.05) is 19.3 Å². The van der Waals surface area contributed by atoms with Gasteiger partial charge in [-0.15, -0.1) is 0 Å². The molecule has 0 saturated carbocycles. The molecule has 2 aromatic rings. The molecule has 1 aromatic carbocycles. The molecule has 0 radical (unpaired) electrons. The van der Waals surface area contributed by atoms with E-state index in [0.717, 1.165) is 0 Å². The third kappa shape index (κ3) is 3.41. The van der Waals surface area contributed by atoms with Crippen molar-refractivity contribution in [3.8, 4) is 0 Å². The van der Waals surface area contributed by atoms with Gasteiger partial charge < -0.3 is 14.6 Å². The van der Waals surface area contributed by atoms with E-state index in [1.165, 1.54) is 24.1 Å². The molecule has 6 heteroatoms. The molecule has 0 aliphatic heterocycles. The minimum Gasteiger partial charge on any atom is -0.465 e. The normalized spacial score (nSPS) is 10.5. The van der Waals surface area contributed by atoms with Gasteiger partial charge in [-0.25, -0.2) is 9.18 Å². The predicted molar refractivity (Wildman–Crippen MR) is 83.8 cm³/mol. The standard InChI is InChI=1S/C17H19FN2O3/c1-10-14(17(22)23-4)11(2)19-15(10)16(21)20(3)9-12-6-5-7-13(18)8-12/h5-8,19H,9H2,1-4H3. The zero-order valence-corrected chi connectivity index (χ0v) is 13.6. The van der Waals surface area contributed by atoms with Crippen LogP contribution >= 0.6 is 0 Å². The van der Waals surface area contributed by atoms with Crippen molar-refractivity contribution < 1.29 is 18.7 Å². The van der Waals surface area contributed by atoms with Crippen LogP contribution in [0.1, 0.15) is 37.7 Å². The Kier molecular flexibility index (Phi) is 4.83. The summed E-state index contributed by atoms with van der Waals surface area (Å²) in [5.74, 6) is -1.10. The molecule has 0 atom stereocenters. The van der Waals surface area contributed by atoms with Crippen LogP contribution in [0.2, 0.25) is 0 Å². The summed E-state index contributed by atoms with van der Waals surface area (Å²) in [4.78, 5) is 28.8. The molecule has 0 aliphatic carbocycles. The van der Waals surface area contributed by atoms with Gasteiger partial charge in [-0.05, 0) is 37.1 Å². The molecule has 1 amide bonds. The zero-order chi connectivity index (χ0) is 17.1. The quantitative estimate of drug-likeness (QED) is 0.882. The van der Waals surface area contributed by atoms with Crippen molar-refractivity contribution in [3.05, 3.63) is 58.2 Å². The van der Waals surface area contributed by atoms with Crippen LogP contribution < -0.4 is 0 Å². The number of H-pyrrole nitrogens is 1. The minimum atomic E-state index is -0.483. The molecule has 23 heavy (non-hydrogen) atoms. The van der Waals surface area contributed by atoms with Crippen molar-refractivity contribution in [2.75, 3.05) is 14.2 Å². The molecule has 2 rings (SSSR count). The van der Waals surface area contributed by atoms with Gasteiger partial charge in [-0.3, -0.25) is 4.79 Å². The van der Waals surface area contributed by atoms with Gasteiger partial charge >= 0.3 is 5.97 Å². The summed E-state index contributed by atoms with van der Waals surface area (Å²) < 4.78 is 18.0. The molecule has 0 saturated heterocycles. The summed E-state index contributed by atoms with van der Waals surface area (Å²) in [6.07, 6.45) is 0. The average molecular weight is 318 g/mol. The molecule has 5 nitrogen and oxygen atoms in total. The fraction of sp³-hybridized carbons (Fsp3) is 0.294. The van der Waals surface area contributed by atoms with Crippen LogP contribution in [0.5, 0.6) is 0 Å². The molecule has 0 bridgehead atoms. The highest BCUT2D eigenvalue weighted by Gasteiger charge is 2.24. The largest absolute Gasteiger partial charge is 0.465 e. The van der Waals surface area contributed by atoms with E-state index >= 15 is 0 Å². The van der Waals surface area contributed by atoms with Gasteiger partial charge in [0.25, 0.3) is 5.91 Å². The molecule has 0 aliphatic rings. The smallest absolute Gasteiger partial charge is 0.339 e. The number of carbonyl (C=O) groups is 2. The number of nitrogens with one attached hydrogen (secondary N) is 1. The number of nitrogens with zero attached hydrogens (tertiary/aromatic N) is 1. The van der Waals surface area contributed by atoms with Crippen molar-refractivity contribution in [1.29, 1.82) is 0 Å². The zero-order valence-electron chi connectivity index (χ0n) is 13.6.